The minimum atomic E-state index is -0.197. The van der Waals surface area contributed by atoms with Gasteiger partial charge in [0.1, 0.15) is 5.82 Å². The lowest BCUT2D eigenvalue weighted by Gasteiger charge is -2.15. The van der Waals surface area contributed by atoms with Crippen LogP contribution in [-0.2, 0) is 6.54 Å². The van der Waals surface area contributed by atoms with Crippen LogP contribution in [0.4, 0.5) is 11.5 Å². The van der Waals surface area contributed by atoms with Crippen molar-refractivity contribution in [2.45, 2.75) is 6.54 Å². The lowest BCUT2D eigenvalue weighted by Crippen LogP contribution is -2.22. The van der Waals surface area contributed by atoms with E-state index in [1.807, 2.05) is 12.1 Å². The van der Waals surface area contributed by atoms with E-state index in [9.17, 15) is 4.79 Å². The number of benzene rings is 1. The molecule has 0 saturated carbocycles. The topological polar surface area (TPSA) is 94.6 Å². The fourth-order valence-electron chi connectivity index (χ4n) is 2.73. The molecule has 3 rings (SSSR count). The molecule has 0 bridgehead atoms. The third-order valence-electron chi connectivity index (χ3n) is 4.16. The van der Waals surface area contributed by atoms with Gasteiger partial charge >= 0.3 is 0 Å². The van der Waals surface area contributed by atoms with Gasteiger partial charge < -0.3 is 24.8 Å². The summed E-state index contributed by atoms with van der Waals surface area (Å²) in [5.74, 6) is 1.84. The molecular weight excluding hydrogens is 372 g/mol. The summed E-state index contributed by atoms with van der Waals surface area (Å²) in [7, 11) is 4.64. The number of aromatic nitrogens is 2. The lowest BCUT2D eigenvalue weighted by molar-refractivity contribution is 0.0951. The summed E-state index contributed by atoms with van der Waals surface area (Å²) in [5, 5.41) is 6.04. The summed E-state index contributed by atoms with van der Waals surface area (Å²) in [4.78, 5) is 20.7. The number of amides is 1. The second kappa shape index (κ2) is 9.41. The molecule has 0 aliphatic rings. The number of nitrogens with zero attached hydrogens (tertiary/aromatic N) is 2. The maximum absolute atomic E-state index is 12.5. The van der Waals surface area contributed by atoms with Crippen molar-refractivity contribution in [3.05, 3.63) is 66.1 Å². The summed E-state index contributed by atoms with van der Waals surface area (Å²) in [5.41, 5.74) is 2.14. The van der Waals surface area contributed by atoms with Crippen LogP contribution >= 0.6 is 0 Å². The predicted molar refractivity (Wildman–Crippen MR) is 109 cm³/mol. The van der Waals surface area contributed by atoms with E-state index in [-0.39, 0.29) is 5.91 Å². The van der Waals surface area contributed by atoms with Crippen LogP contribution in [0.15, 0.2) is 55.0 Å². The zero-order valence-corrected chi connectivity index (χ0v) is 16.4. The first-order chi connectivity index (χ1) is 14.1. The van der Waals surface area contributed by atoms with E-state index >= 15 is 0 Å². The van der Waals surface area contributed by atoms with Crippen LogP contribution < -0.4 is 24.8 Å². The zero-order valence-electron chi connectivity index (χ0n) is 16.4. The number of carbonyl (C=O) groups excluding carboxylic acids is 1. The molecule has 8 nitrogen and oxygen atoms in total. The van der Waals surface area contributed by atoms with Gasteiger partial charge in [0.2, 0.25) is 5.75 Å². The molecule has 0 fully saturated rings. The quantitative estimate of drug-likeness (QED) is 0.606. The van der Waals surface area contributed by atoms with Gasteiger partial charge in [-0.2, -0.15) is 0 Å². The molecular formula is C21H22N4O4. The molecule has 0 saturated heterocycles. The van der Waals surface area contributed by atoms with Crippen molar-refractivity contribution in [2.75, 3.05) is 26.6 Å². The number of hydrogen-bond acceptors (Lipinski definition) is 7. The highest BCUT2D eigenvalue weighted by molar-refractivity contribution is 5.94. The maximum Gasteiger partial charge on any atom is 0.251 e. The average Bonchev–Trinajstić information content (AvgIpc) is 2.77. The van der Waals surface area contributed by atoms with Crippen molar-refractivity contribution in [2.24, 2.45) is 0 Å². The van der Waals surface area contributed by atoms with E-state index in [1.165, 1.54) is 0 Å². The van der Waals surface area contributed by atoms with E-state index in [0.29, 0.717) is 40.9 Å². The molecule has 0 aliphatic carbocycles. The Balaban J connectivity index is 1.75. The van der Waals surface area contributed by atoms with Crippen molar-refractivity contribution in [3.63, 3.8) is 0 Å². The molecule has 1 amide bonds. The number of carbonyl (C=O) groups is 1. The van der Waals surface area contributed by atoms with Crippen molar-refractivity contribution in [3.8, 4) is 17.2 Å². The van der Waals surface area contributed by atoms with Crippen molar-refractivity contribution < 1.29 is 19.0 Å². The normalized spacial score (nSPS) is 10.2. The van der Waals surface area contributed by atoms with Gasteiger partial charge in [-0.05, 0) is 29.8 Å². The van der Waals surface area contributed by atoms with Gasteiger partial charge in [0, 0.05) is 48.5 Å². The second-order valence-electron chi connectivity index (χ2n) is 6.01. The molecule has 29 heavy (non-hydrogen) atoms. The Hall–Kier alpha value is -3.81. The number of ether oxygens (including phenoxy) is 3. The van der Waals surface area contributed by atoms with E-state index in [1.54, 1.807) is 64.2 Å². The molecule has 0 unspecified atom stereocenters. The second-order valence-corrected chi connectivity index (χ2v) is 6.01. The summed E-state index contributed by atoms with van der Waals surface area (Å²) >= 11 is 0. The number of nitrogens with one attached hydrogen (secondary N) is 2. The van der Waals surface area contributed by atoms with Crippen molar-refractivity contribution >= 4 is 17.4 Å². The fraction of sp³-hybridized carbons (Fsp3) is 0.190. The van der Waals surface area contributed by atoms with Crippen molar-refractivity contribution in [1.29, 1.82) is 0 Å². The van der Waals surface area contributed by atoms with Crippen LogP contribution in [-0.4, -0.2) is 37.2 Å². The number of pyridine rings is 2. The minimum Gasteiger partial charge on any atom is -0.493 e. The summed E-state index contributed by atoms with van der Waals surface area (Å²) < 4.78 is 16.0. The fourth-order valence-corrected chi connectivity index (χ4v) is 2.73. The van der Waals surface area contributed by atoms with Gasteiger partial charge in [0.15, 0.2) is 11.5 Å². The van der Waals surface area contributed by atoms with E-state index < -0.39 is 0 Å². The van der Waals surface area contributed by atoms with Crippen LogP contribution in [0.2, 0.25) is 0 Å². The van der Waals surface area contributed by atoms with Gasteiger partial charge in [0.05, 0.1) is 21.3 Å². The Bertz CT molecular complexity index is 954. The van der Waals surface area contributed by atoms with Crippen LogP contribution in [0, 0.1) is 0 Å². The number of methoxy groups -OCH3 is 3. The van der Waals surface area contributed by atoms with E-state index in [4.69, 9.17) is 14.2 Å². The number of rotatable bonds is 8. The summed E-state index contributed by atoms with van der Waals surface area (Å²) in [6.45, 7) is 0.416. The maximum atomic E-state index is 12.5. The largest absolute Gasteiger partial charge is 0.493 e. The molecule has 2 N–H and O–H groups in total. The molecule has 3 aromatic rings. The van der Waals surface area contributed by atoms with Crippen LogP contribution in [0.3, 0.4) is 0 Å². The zero-order chi connectivity index (χ0) is 20.6. The van der Waals surface area contributed by atoms with E-state index in [0.717, 1.165) is 5.56 Å². The Morgan fingerprint density at radius 2 is 1.62 bits per heavy atom. The molecule has 0 atom stereocenters. The minimum absolute atomic E-state index is 0.197. The third kappa shape index (κ3) is 4.92. The third-order valence-corrected chi connectivity index (χ3v) is 4.16. The first-order valence-electron chi connectivity index (χ1n) is 8.84. The highest BCUT2D eigenvalue weighted by atomic mass is 16.5. The number of anilines is 2. The average molecular weight is 394 g/mol. The van der Waals surface area contributed by atoms with E-state index in [2.05, 4.69) is 20.6 Å². The Labute approximate surface area is 168 Å². The summed E-state index contributed by atoms with van der Waals surface area (Å²) in [6, 6.07) is 10.6. The Kier molecular flexibility index (Phi) is 6.47. The van der Waals surface area contributed by atoms with Gasteiger partial charge in [-0.15, -0.1) is 0 Å². The Morgan fingerprint density at radius 3 is 2.24 bits per heavy atom. The predicted octanol–water partition coefficient (Wildman–Crippen LogP) is 3.18. The highest BCUT2D eigenvalue weighted by Crippen LogP contribution is 2.40. The van der Waals surface area contributed by atoms with Gasteiger partial charge in [-0.1, -0.05) is 0 Å². The molecule has 1 aromatic carbocycles. The van der Waals surface area contributed by atoms with Crippen LogP contribution in [0.5, 0.6) is 17.2 Å². The number of hydrogen-bond donors (Lipinski definition) is 2. The SMILES string of the molecule is COc1cc(Nc2cc(C(=O)NCc3ccncc3)ccn2)cc(OC)c1OC. The first kappa shape index (κ1) is 19.9. The smallest absolute Gasteiger partial charge is 0.251 e. The molecule has 0 spiro atoms. The molecule has 2 aromatic heterocycles. The van der Waals surface area contributed by atoms with Gasteiger partial charge in [0.25, 0.3) is 5.91 Å². The lowest BCUT2D eigenvalue weighted by atomic mass is 10.2. The van der Waals surface area contributed by atoms with Gasteiger partial charge in [-0.3, -0.25) is 9.78 Å². The van der Waals surface area contributed by atoms with Crippen LogP contribution in [0.25, 0.3) is 0 Å². The molecule has 0 radical (unpaired) electrons. The monoisotopic (exact) mass is 394 g/mol. The molecule has 8 heteroatoms. The summed E-state index contributed by atoms with van der Waals surface area (Å²) in [6.07, 6.45) is 4.95. The van der Waals surface area contributed by atoms with Crippen molar-refractivity contribution in [1.82, 2.24) is 15.3 Å². The van der Waals surface area contributed by atoms with Gasteiger partial charge in [-0.25, -0.2) is 4.98 Å². The standard InChI is InChI=1S/C21H22N4O4/c1-27-17-11-16(12-18(28-2)20(17)29-3)25-19-10-15(6-9-23-19)21(26)24-13-14-4-7-22-8-5-14/h4-12H,13H2,1-3H3,(H,23,25)(H,24,26). The molecule has 2 heterocycles. The molecule has 150 valence electrons. The molecule has 0 aliphatic heterocycles. The highest BCUT2D eigenvalue weighted by Gasteiger charge is 2.14. The van der Waals surface area contributed by atoms with Crippen LogP contribution in [0.1, 0.15) is 15.9 Å². The first-order valence-corrected chi connectivity index (χ1v) is 8.84. The Morgan fingerprint density at radius 1 is 0.931 bits per heavy atom.